The van der Waals surface area contributed by atoms with E-state index in [1.165, 1.54) is 10.6 Å². The van der Waals surface area contributed by atoms with Crippen LogP contribution < -0.4 is 32.1 Å². The van der Waals surface area contributed by atoms with Gasteiger partial charge in [0.1, 0.15) is 30.6 Å². The number of rotatable bonds is 12. The number of fused-ring (bicyclic) bond motifs is 5. The Morgan fingerprint density at radius 2 is 1.69 bits per heavy atom. The zero-order valence-corrected chi connectivity index (χ0v) is 35.0. The molecule has 2 aliphatic heterocycles. The van der Waals surface area contributed by atoms with Crippen LogP contribution in [0.3, 0.4) is 0 Å². The number of benzene rings is 2. The average Bonchev–Trinajstić information content (AvgIpc) is 3.60. The van der Waals surface area contributed by atoms with Crippen molar-refractivity contribution in [2.75, 3.05) is 19.6 Å². The summed E-state index contributed by atoms with van der Waals surface area (Å²) in [7, 11) is 0. The minimum atomic E-state index is -2.05. The highest BCUT2D eigenvalue weighted by molar-refractivity contribution is 5.95. The third-order valence-corrected chi connectivity index (χ3v) is 11.3. The number of amides is 5. The molecule has 62 heavy (non-hydrogen) atoms. The number of pyridine rings is 2. The van der Waals surface area contributed by atoms with Gasteiger partial charge in [-0.05, 0) is 75.3 Å². The summed E-state index contributed by atoms with van der Waals surface area (Å²) in [5, 5.41) is 24.9. The van der Waals surface area contributed by atoms with Crippen LogP contribution in [0.2, 0.25) is 0 Å². The highest BCUT2D eigenvalue weighted by atomic mass is 19.1. The SMILES string of the molecule is CC[C@@]1(O)C(=O)OCc2c1cc1n(c2=O)Cc2c-1nc1cc(F)c(C)c3c1c2[C@@H](NC(=O)CNC(=O)[C@H](Cc1ccccc1)NC(=O)CNC(=O)CNC(=O)OC(C)(C)C)CC3. The Kier molecular flexibility index (Phi) is 11.9. The van der Waals surface area contributed by atoms with Crippen LogP contribution in [0.4, 0.5) is 9.18 Å². The Labute approximate surface area is 355 Å². The maximum Gasteiger partial charge on any atom is 0.408 e. The number of alkyl carbamates (subject to hydrolysis) is 1. The maximum absolute atomic E-state index is 15.4. The fourth-order valence-corrected chi connectivity index (χ4v) is 8.25. The first-order valence-corrected chi connectivity index (χ1v) is 20.3. The minimum Gasteiger partial charge on any atom is -0.458 e. The normalized spacial score (nSPS) is 17.7. The predicted octanol–water partition coefficient (Wildman–Crippen LogP) is 2.12. The molecule has 2 aromatic carbocycles. The number of carbonyl (C=O) groups excluding carboxylic acids is 6. The number of cyclic esters (lactones) is 1. The lowest BCUT2D eigenvalue weighted by atomic mass is 9.81. The molecule has 2 aromatic heterocycles. The van der Waals surface area contributed by atoms with Gasteiger partial charge in [-0.2, -0.15) is 0 Å². The molecule has 0 spiro atoms. The summed E-state index contributed by atoms with van der Waals surface area (Å²) in [6.07, 6.45) is -0.0384. The molecule has 0 radical (unpaired) electrons. The van der Waals surface area contributed by atoms with E-state index in [-0.39, 0.29) is 37.1 Å². The molecule has 0 fully saturated rings. The van der Waals surface area contributed by atoms with E-state index < -0.39 is 90.0 Å². The van der Waals surface area contributed by atoms with Gasteiger partial charge >= 0.3 is 12.1 Å². The fraction of sp³-hybridized carbons (Fsp3) is 0.409. The van der Waals surface area contributed by atoms with Crippen molar-refractivity contribution in [2.45, 2.75) is 96.7 Å². The number of nitrogens with one attached hydrogen (secondary N) is 5. The standard InChI is InChI=1S/C44H48FN7O10/c1-6-44(60)27-15-32-38-25(20-52(32)40(57)26(27)21-61-41(44)58)37-29(13-12-24-22(2)28(45)16-30(51-38)36(24)37)49-35(55)19-47-39(56)31(14-23-10-8-7-9-11-23)50-34(54)18-46-33(53)17-48-42(59)62-43(3,4)5/h7-11,15-16,29,31,60H,6,12-14,17-21H2,1-5H3,(H,46,53)(H,47,56)(H,48,59)(H,49,55)(H,50,54)/t29-,31-,44-/m0/s1. The van der Waals surface area contributed by atoms with Gasteiger partial charge in [-0.25, -0.2) is 19.0 Å². The van der Waals surface area contributed by atoms with Crippen LogP contribution in [-0.2, 0) is 65.0 Å². The summed E-state index contributed by atoms with van der Waals surface area (Å²) >= 11 is 0. The molecule has 326 valence electrons. The number of nitrogens with zero attached hydrogens (tertiary/aromatic N) is 2. The van der Waals surface area contributed by atoms with E-state index in [0.717, 1.165) is 5.56 Å². The molecule has 4 heterocycles. The number of esters is 1. The average molecular weight is 854 g/mol. The van der Waals surface area contributed by atoms with E-state index in [1.807, 2.05) is 0 Å². The Hall–Kier alpha value is -6.69. The van der Waals surface area contributed by atoms with Crippen molar-refractivity contribution in [3.05, 3.63) is 97.6 Å². The summed E-state index contributed by atoms with van der Waals surface area (Å²) in [4.78, 5) is 96.1. The molecule has 0 saturated carbocycles. The number of carbonyl (C=O) groups is 6. The van der Waals surface area contributed by atoms with Gasteiger partial charge in [0, 0.05) is 29.0 Å². The number of aryl methyl sites for hydroxylation is 1. The van der Waals surface area contributed by atoms with Crippen LogP contribution in [0, 0.1) is 12.7 Å². The second-order valence-corrected chi connectivity index (χ2v) is 16.6. The molecule has 18 heteroatoms. The molecule has 7 rings (SSSR count). The first kappa shape index (κ1) is 43.4. The third kappa shape index (κ3) is 8.59. The predicted molar refractivity (Wildman–Crippen MR) is 221 cm³/mol. The van der Waals surface area contributed by atoms with E-state index in [2.05, 4.69) is 26.6 Å². The van der Waals surface area contributed by atoms with E-state index in [1.54, 1.807) is 71.0 Å². The Balaban J connectivity index is 1.08. The van der Waals surface area contributed by atoms with Gasteiger partial charge in [-0.3, -0.25) is 24.0 Å². The van der Waals surface area contributed by atoms with Crippen LogP contribution in [0.5, 0.6) is 0 Å². The first-order chi connectivity index (χ1) is 29.4. The highest BCUT2D eigenvalue weighted by Crippen LogP contribution is 2.46. The molecule has 3 atom stereocenters. The fourth-order valence-electron chi connectivity index (χ4n) is 8.25. The molecule has 6 N–H and O–H groups in total. The number of hydrogen-bond acceptors (Lipinski definition) is 11. The largest absolute Gasteiger partial charge is 0.458 e. The van der Waals surface area contributed by atoms with Gasteiger partial charge in [-0.15, -0.1) is 0 Å². The number of aliphatic hydroxyl groups is 1. The van der Waals surface area contributed by atoms with Crippen molar-refractivity contribution >= 4 is 46.6 Å². The summed E-state index contributed by atoms with van der Waals surface area (Å²) in [5.74, 6) is -3.92. The third-order valence-electron chi connectivity index (χ3n) is 11.3. The van der Waals surface area contributed by atoms with Gasteiger partial charge < -0.3 is 45.7 Å². The lowest BCUT2D eigenvalue weighted by molar-refractivity contribution is -0.172. The van der Waals surface area contributed by atoms with Gasteiger partial charge in [0.25, 0.3) is 5.56 Å². The maximum atomic E-state index is 15.4. The minimum absolute atomic E-state index is 0.0439. The summed E-state index contributed by atoms with van der Waals surface area (Å²) in [5.41, 5.74) is 1.11. The van der Waals surface area contributed by atoms with Crippen molar-refractivity contribution in [3.8, 4) is 11.4 Å². The first-order valence-electron chi connectivity index (χ1n) is 20.3. The molecular weight excluding hydrogens is 806 g/mol. The molecule has 4 aromatic rings. The van der Waals surface area contributed by atoms with Crippen molar-refractivity contribution in [1.82, 2.24) is 36.1 Å². The topological polar surface area (TPSA) is 236 Å². The van der Waals surface area contributed by atoms with Crippen molar-refractivity contribution in [2.24, 2.45) is 0 Å². The smallest absolute Gasteiger partial charge is 0.408 e. The second kappa shape index (κ2) is 17.0. The summed E-state index contributed by atoms with van der Waals surface area (Å²) in [6.45, 7) is 6.59. The van der Waals surface area contributed by atoms with Gasteiger partial charge in [0.2, 0.25) is 23.6 Å². The van der Waals surface area contributed by atoms with Crippen molar-refractivity contribution < 1.29 is 47.7 Å². The molecule has 3 aliphatic rings. The number of hydrogen-bond donors (Lipinski definition) is 6. The molecular formula is C44H48FN7O10. The van der Waals surface area contributed by atoms with E-state index in [9.17, 15) is 38.7 Å². The molecule has 17 nitrogen and oxygen atoms in total. The van der Waals surface area contributed by atoms with E-state index >= 15 is 4.39 Å². The summed E-state index contributed by atoms with van der Waals surface area (Å²) < 4.78 is 27.2. The summed E-state index contributed by atoms with van der Waals surface area (Å²) in [6, 6.07) is 9.95. The lowest BCUT2D eigenvalue weighted by Gasteiger charge is -2.31. The van der Waals surface area contributed by atoms with E-state index in [4.69, 9.17) is 14.5 Å². The van der Waals surface area contributed by atoms with E-state index in [0.29, 0.717) is 57.4 Å². The zero-order chi connectivity index (χ0) is 44.7. The Bertz CT molecular complexity index is 2590. The second-order valence-electron chi connectivity index (χ2n) is 16.6. The Morgan fingerprint density at radius 3 is 2.40 bits per heavy atom. The van der Waals surface area contributed by atoms with Gasteiger partial charge in [0.15, 0.2) is 5.60 Å². The molecule has 0 unspecified atom stereocenters. The quantitative estimate of drug-likeness (QED) is 0.0995. The van der Waals surface area contributed by atoms with Crippen LogP contribution in [0.15, 0.2) is 47.3 Å². The zero-order valence-electron chi connectivity index (χ0n) is 35.0. The molecule has 0 bridgehead atoms. The van der Waals surface area contributed by atoms with Gasteiger partial charge in [0.05, 0.1) is 48.1 Å². The highest BCUT2D eigenvalue weighted by Gasteiger charge is 2.46. The molecule has 1 aliphatic carbocycles. The monoisotopic (exact) mass is 853 g/mol. The number of ether oxygens (including phenoxy) is 2. The number of aromatic nitrogens is 2. The molecule has 5 amide bonds. The van der Waals surface area contributed by atoms with Crippen molar-refractivity contribution in [1.29, 1.82) is 0 Å². The molecule has 0 saturated heterocycles. The van der Waals surface area contributed by atoms with Gasteiger partial charge in [-0.1, -0.05) is 37.3 Å². The number of halogens is 1. The van der Waals surface area contributed by atoms with Crippen molar-refractivity contribution in [3.63, 3.8) is 0 Å². The van der Waals surface area contributed by atoms with Crippen LogP contribution in [0.25, 0.3) is 22.3 Å². The van der Waals surface area contributed by atoms with Crippen LogP contribution >= 0.6 is 0 Å². The Morgan fingerprint density at radius 1 is 0.984 bits per heavy atom. The van der Waals surface area contributed by atoms with Crippen LogP contribution in [0.1, 0.15) is 85.5 Å². The van der Waals surface area contributed by atoms with Crippen LogP contribution in [-0.4, -0.2) is 81.6 Å². The lowest BCUT2D eigenvalue weighted by Crippen LogP contribution is -2.52.